The highest BCUT2D eigenvalue weighted by atomic mass is 32.1. The number of carboxylic acids is 1. The molecule has 0 N–H and O–H groups in total. The minimum atomic E-state index is -1.35. The Morgan fingerprint density at radius 1 is 1.11 bits per heavy atom. The van der Waals surface area contributed by atoms with Crippen LogP contribution in [0.3, 0.4) is 0 Å². The molecule has 27 heavy (non-hydrogen) atoms. The third kappa shape index (κ3) is 3.30. The molecule has 0 amide bonds. The van der Waals surface area contributed by atoms with E-state index >= 15 is 0 Å². The van der Waals surface area contributed by atoms with Crippen LogP contribution in [-0.4, -0.2) is 33.1 Å². The third-order valence-corrected chi connectivity index (χ3v) is 4.84. The largest absolute Gasteiger partial charge is 0.543 e. The molecule has 7 nitrogen and oxygen atoms in total. The van der Waals surface area contributed by atoms with Gasteiger partial charge in [-0.1, -0.05) is 6.07 Å². The summed E-state index contributed by atoms with van der Waals surface area (Å²) < 4.78 is 6.61. The predicted molar refractivity (Wildman–Crippen MR) is 98.8 cm³/mol. The Kier molecular flexibility index (Phi) is 4.39. The quantitative estimate of drug-likeness (QED) is 0.530. The summed E-state index contributed by atoms with van der Waals surface area (Å²) in [5.41, 5.74) is 1.90. The molecule has 0 saturated heterocycles. The summed E-state index contributed by atoms with van der Waals surface area (Å²) >= 11 is 1.57. The average Bonchev–Trinajstić information content (AvgIpc) is 3.38. The Bertz CT molecular complexity index is 1070. The van der Waals surface area contributed by atoms with Gasteiger partial charge in [0, 0.05) is 5.56 Å². The molecule has 0 unspecified atom stereocenters. The molecule has 0 aliphatic rings. The molecule has 0 fully saturated rings. The van der Waals surface area contributed by atoms with Crippen molar-refractivity contribution >= 4 is 17.3 Å². The maximum absolute atomic E-state index is 11.3. The number of carboxylic acid groups (broad SMARTS) is 1. The van der Waals surface area contributed by atoms with Crippen molar-refractivity contribution < 1.29 is 14.6 Å². The molecule has 1 aromatic carbocycles. The molecule has 0 aliphatic heterocycles. The van der Waals surface area contributed by atoms with Crippen LogP contribution < -0.4 is 9.84 Å². The van der Waals surface area contributed by atoms with Crippen molar-refractivity contribution in [3.8, 4) is 33.4 Å². The van der Waals surface area contributed by atoms with Crippen LogP contribution in [0, 0.1) is 0 Å². The van der Waals surface area contributed by atoms with Crippen molar-refractivity contribution in [3.05, 3.63) is 65.7 Å². The van der Waals surface area contributed by atoms with Gasteiger partial charge in [-0.3, -0.25) is 0 Å². The van der Waals surface area contributed by atoms with E-state index in [9.17, 15) is 9.90 Å². The van der Waals surface area contributed by atoms with Crippen LogP contribution in [0.5, 0.6) is 5.75 Å². The first-order valence-electron chi connectivity index (χ1n) is 7.99. The van der Waals surface area contributed by atoms with Crippen LogP contribution in [0.15, 0.2) is 60.0 Å². The van der Waals surface area contributed by atoms with E-state index in [4.69, 9.17) is 4.74 Å². The van der Waals surface area contributed by atoms with E-state index in [1.807, 2.05) is 35.7 Å². The van der Waals surface area contributed by atoms with E-state index in [1.165, 1.54) is 10.7 Å². The maximum Gasteiger partial charge on any atom is 0.176 e. The van der Waals surface area contributed by atoms with Crippen LogP contribution in [0.25, 0.3) is 27.6 Å². The van der Waals surface area contributed by atoms with Gasteiger partial charge in [-0.2, -0.15) is 5.10 Å². The molecule has 0 spiro atoms. The van der Waals surface area contributed by atoms with Gasteiger partial charge in [0.05, 0.1) is 23.7 Å². The lowest BCUT2D eigenvalue weighted by molar-refractivity contribution is -0.255. The van der Waals surface area contributed by atoms with Gasteiger partial charge in [0.15, 0.2) is 5.82 Å². The topological polar surface area (TPSA) is 93.0 Å². The first kappa shape index (κ1) is 16.9. The predicted octanol–water partition coefficient (Wildman–Crippen LogP) is 2.43. The standard InChI is InChI=1S/C19H14N4O3S/c1-26-13-6-4-12(5-7-13)16-11-15(19(24)25)22-23(16)18-9-8-14(20-21-18)17-3-2-10-27-17/h2-11H,1H3,(H,24,25)/p-1. The first-order chi connectivity index (χ1) is 13.2. The maximum atomic E-state index is 11.3. The lowest BCUT2D eigenvalue weighted by Crippen LogP contribution is -2.23. The molecule has 3 aromatic heterocycles. The molecule has 4 aromatic rings. The number of hydrogen-bond acceptors (Lipinski definition) is 7. The number of methoxy groups -OCH3 is 1. The number of ether oxygens (including phenoxy) is 1. The number of thiophene rings is 1. The van der Waals surface area contributed by atoms with Crippen molar-refractivity contribution in [1.82, 2.24) is 20.0 Å². The number of carbonyl (C=O) groups is 1. The van der Waals surface area contributed by atoms with E-state index in [0.717, 1.165) is 16.1 Å². The number of hydrogen-bond donors (Lipinski definition) is 0. The van der Waals surface area contributed by atoms with E-state index in [-0.39, 0.29) is 5.69 Å². The Morgan fingerprint density at radius 3 is 2.52 bits per heavy atom. The molecule has 4 rings (SSSR count). The van der Waals surface area contributed by atoms with Gasteiger partial charge in [-0.25, -0.2) is 4.68 Å². The fourth-order valence-electron chi connectivity index (χ4n) is 2.62. The molecule has 0 aliphatic carbocycles. The summed E-state index contributed by atoms with van der Waals surface area (Å²) in [6, 6.07) is 16.1. The second kappa shape index (κ2) is 7.00. The fraction of sp³-hybridized carbons (Fsp3) is 0.0526. The van der Waals surface area contributed by atoms with Gasteiger partial charge in [0.2, 0.25) is 0 Å². The highest BCUT2D eigenvalue weighted by Crippen LogP contribution is 2.26. The van der Waals surface area contributed by atoms with E-state index in [1.54, 1.807) is 36.6 Å². The zero-order valence-electron chi connectivity index (χ0n) is 14.2. The summed E-state index contributed by atoms with van der Waals surface area (Å²) in [5, 5.41) is 25.8. The van der Waals surface area contributed by atoms with E-state index in [2.05, 4.69) is 15.3 Å². The number of nitrogens with zero attached hydrogens (tertiary/aromatic N) is 4. The average molecular weight is 377 g/mol. The zero-order valence-corrected chi connectivity index (χ0v) is 15.0. The number of benzene rings is 1. The molecule has 0 atom stereocenters. The van der Waals surface area contributed by atoms with Crippen LogP contribution in [-0.2, 0) is 0 Å². The van der Waals surface area contributed by atoms with Crippen LogP contribution in [0.2, 0.25) is 0 Å². The van der Waals surface area contributed by atoms with Crippen LogP contribution in [0.4, 0.5) is 0 Å². The van der Waals surface area contributed by atoms with Crippen LogP contribution in [0.1, 0.15) is 10.5 Å². The summed E-state index contributed by atoms with van der Waals surface area (Å²) in [4.78, 5) is 12.3. The van der Waals surface area contributed by atoms with Gasteiger partial charge < -0.3 is 14.6 Å². The van der Waals surface area contributed by atoms with Gasteiger partial charge in [0.25, 0.3) is 0 Å². The summed E-state index contributed by atoms with van der Waals surface area (Å²) in [6.07, 6.45) is 0. The number of rotatable bonds is 5. The van der Waals surface area contributed by atoms with Gasteiger partial charge in [-0.15, -0.1) is 21.5 Å². The smallest absolute Gasteiger partial charge is 0.176 e. The van der Waals surface area contributed by atoms with Crippen molar-refractivity contribution in [2.75, 3.05) is 7.11 Å². The van der Waals surface area contributed by atoms with Gasteiger partial charge in [-0.05, 0) is 53.9 Å². The van der Waals surface area contributed by atoms with Crippen LogP contribution >= 0.6 is 11.3 Å². The van der Waals surface area contributed by atoms with Crippen molar-refractivity contribution in [3.63, 3.8) is 0 Å². The summed E-state index contributed by atoms with van der Waals surface area (Å²) in [5.74, 6) is -0.245. The minimum absolute atomic E-state index is 0.176. The summed E-state index contributed by atoms with van der Waals surface area (Å²) in [6.45, 7) is 0. The first-order valence-corrected chi connectivity index (χ1v) is 8.87. The fourth-order valence-corrected chi connectivity index (χ4v) is 3.31. The van der Waals surface area contributed by atoms with E-state index < -0.39 is 5.97 Å². The third-order valence-electron chi connectivity index (χ3n) is 3.95. The second-order valence-electron chi connectivity index (χ2n) is 5.60. The molecule has 134 valence electrons. The molecule has 3 heterocycles. The molecule has 0 saturated carbocycles. The molecule has 8 heteroatoms. The molecular formula is C19H13N4O3S-. The Balaban J connectivity index is 1.78. The molecular weight excluding hydrogens is 364 g/mol. The van der Waals surface area contributed by atoms with Crippen molar-refractivity contribution in [2.24, 2.45) is 0 Å². The molecule has 0 radical (unpaired) electrons. The summed E-state index contributed by atoms with van der Waals surface area (Å²) in [7, 11) is 1.58. The minimum Gasteiger partial charge on any atom is -0.543 e. The Labute approximate surface area is 158 Å². The lowest BCUT2D eigenvalue weighted by Gasteiger charge is -2.07. The SMILES string of the molecule is COc1ccc(-c2cc(C(=O)[O-])nn2-c2ccc(-c3cccs3)nn2)cc1. The monoisotopic (exact) mass is 377 g/mol. The zero-order chi connectivity index (χ0) is 18.8. The van der Waals surface area contributed by atoms with E-state index in [0.29, 0.717) is 17.3 Å². The van der Waals surface area contributed by atoms with Gasteiger partial charge in [0.1, 0.15) is 17.1 Å². The Morgan fingerprint density at radius 2 is 1.93 bits per heavy atom. The number of carbonyl (C=O) groups excluding carboxylic acids is 1. The normalized spacial score (nSPS) is 10.7. The molecule has 0 bridgehead atoms. The number of aromatic nitrogens is 4. The second-order valence-corrected chi connectivity index (χ2v) is 6.54. The Hall–Kier alpha value is -3.52. The number of aromatic carboxylic acids is 1. The highest BCUT2D eigenvalue weighted by molar-refractivity contribution is 7.13. The highest BCUT2D eigenvalue weighted by Gasteiger charge is 2.14. The van der Waals surface area contributed by atoms with Crippen molar-refractivity contribution in [2.45, 2.75) is 0 Å². The van der Waals surface area contributed by atoms with Crippen molar-refractivity contribution in [1.29, 1.82) is 0 Å². The lowest BCUT2D eigenvalue weighted by atomic mass is 10.1. The van der Waals surface area contributed by atoms with Gasteiger partial charge >= 0.3 is 0 Å².